The van der Waals surface area contributed by atoms with Crippen LogP contribution in [0.5, 0.6) is 5.75 Å². The Kier molecular flexibility index (Phi) is 34.5. The van der Waals surface area contributed by atoms with Crippen LogP contribution in [0.1, 0.15) is 27.2 Å². The average molecular weight is 751 g/mol. The highest BCUT2D eigenvalue weighted by Gasteiger charge is 2.15. The van der Waals surface area contributed by atoms with Gasteiger partial charge in [-0.1, -0.05) is 18.2 Å². The molecule has 52 heavy (non-hydrogen) atoms. The van der Waals surface area contributed by atoms with E-state index >= 15 is 0 Å². The quantitative estimate of drug-likeness (QED) is 0.0715. The van der Waals surface area contributed by atoms with Gasteiger partial charge in [-0.05, 0) is 32.9 Å². The van der Waals surface area contributed by atoms with Gasteiger partial charge in [0.25, 0.3) is 0 Å². The number of benzene rings is 1. The predicted molar refractivity (Wildman–Crippen MR) is 192 cm³/mol. The van der Waals surface area contributed by atoms with Crippen LogP contribution in [0.4, 0.5) is 0 Å². The number of para-hydroxylation sites is 1. The summed E-state index contributed by atoms with van der Waals surface area (Å²) < 4.78 is 76.4. The van der Waals surface area contributed by atoms with Crippen LogP contribution >= 0.6 is 0 Å². The number of rotatable bonds is 40. The molecule has 1 rings (SSSR count). The third-order valence-corrected chi connectivity index (χ3v) is 6.20. The zero-order valence-electron chi connectivity index (χ0n) is 31.9. The molecule has 304 valence electrons. The minimum Gasteiger partial charge on any atom is -0.491 e. The summed E-state index contributed by atoms with van der Waals surface area (Å²) in [5.41, 5.74) is -0.476. The first-order chi connectivity index (χ1) is 25.5. The molecule has 0 bridgehead atoms. The molecular weight excluding hydrogens is 684 g/mol. The van der Waals surface area contributed by atoms with Gasteiger partial charge in [0.05, 0.1) is 165 Å². The third kappa shape index (κ3) is 37.8. The summed E-state index contributed by atoms with van der Waals surface area (Å²) in [6.45, 7) is 17.7. The average Bonchev–Trinajstić information content (AvgIpc) is 3.12. The minimum atomic E-state index is -0.476. The molecule has 0 aliphatic rings. The predicted octanol–water partition coefficient (Wildman–Crippen LogP) is 3.00. The summed E-state index contributed by atoms with van der Waals surface area (Å²) in [6.07, 6.45) is 0.230. The maximum atomic E-state index is 11.6. The van der Waals surface area contributed by atoms with Crippen molar-refractivity contribution in [1.29, 1.82) is 0 Å². The molecule has 0 aliphatic heterocycles. The zero-order chi connectivity index (χ0) is 37.5. The number of carbonyl (C=O) groups excluding carboxylic acids is 1. The highest BCUT2D eigenvalue weighted by molar-refractivity contribution is 5.69. The van der Waals surface area contributed by atoms with Crippen LogP contribution in [0.3, 0.4) is 0 Å². The topological polar surface area (TPSA) is 146 Å². The van der Waals surface area contributed by atoms with E-state index in [-0.39, 0.29) is 12.4 Å². The Morgan fingerprint density at radius 1 is 0.385 bits per heavy atom. The summed E-state index contributed by atoms with van der Waals surface area (Å²) in [5.74, 6) is 0.574. The Labute approximate surface area is 310 Å². The summed E-state index contributed by atoms with van der Waals surface area (Å²) in [5, 5.41) is 0. The molecule has 1 aromatic carbocycles. The van der Waals surface area contributed by atoms with E-state index in [0.717, 1.165) is 5.75 Å². The van der Waals surface area contributed by atoms with E-state index in [0.29, 0.717) is 165 Å². The van der Waals surface area contributed by atoms with Crippen molar-refractivity contribution in [3.63, 3.8) is 0 Å². The second-order valence-electron chi connectivity index (χ2n) is 11.8. The van der Waals surface area contributed by atoms with E-state index < -0.39 is 5.60 Å². The van der Waals surface area contributed by atoms with Crippen molar-refractivity contribution in [3.05, 3.63) is 30.3 Å². The molecule has 0 aromatic heterocycles. The smallest absolute Gasteiger partial charge is 0.308 e. The molecule has 0 saturated heterocycles. The number of carbonyl (C=O) groups is 1. The van der Waals surface area contributed by atoms with Gasteiger partial charge in [0.15, 0.2) is 0 Å². The molecule has 1 aromatic rings. The second kappa shape index (κ2) is 37.3. The van der Waals surface area contributed by atoms with Gasteiger partial charge < -0.3 is 66.3 Å². The molecule has 0 saturated carbocycles. The van der Waals surface area contributed by atoms with Crippen LogP contribution in [0.2, 0.25) is 0 Å². The number of hydrogen-bond donors (Lipinski definition) is 0. The molecule has 0 spiro atoms. The Morgan fingerprint density at radius 3 is 0.904 bits per heavy atom. The van der Waals surface area contributed by atoms with Crippen LogP contribution in [0.15, 0.2) is 30.3 Å². The molecule has 15 heteroatoms. The van der Waals surface area contributed by atoms with Crippen LogP contribution in [0, 0.1) is 0 Å². The van der Waals surface area contributed by atoms with Crippen molar-refractivity contribution in [3.8, 4) is 5.75 Å². The standard InChI is InChI=1S/C37H66O15/c1-37(2,3)52-36(38)9-10-39-11-12-40-13-14-41-15-16-42-17-18-43-19-20-44-21-22-45-23-24-46-25-26-47-27-28-48-29-30-49-31-32-50-33-34-51-35-7-5-4-6-8-35/h4-8H,9-34H2,1-3H3. The lowest BCUT2D eigenvalue weighted by molar-refractivity contribution is -0.156. The molecule has 0 atom stereocenters. The van der Waals surface area contributed by atoms with E-state index in [9.17, 15) is 4.79 Å². The monoisotopic (exact) mass is 750 g/mol. The minimum absolute atomic E-state index is 0.230. The summed E-state index contributed by atoms with van der Waals surface area (Å²) >= 11 is 0. The molecule has 0 fully saturated rings. The Hall–Kier alpha value is -1.99. The maximum absolute atomic E-state index is 11.6. The number of ether oxygens (including phenoxy) is 14. The van der Waals surface area contributed by atoms with Gasteiger partial charge in [-0.2, -0.15) is 0 Å². The van der Waals surface area contributed by atoms with E-state index in [2.05, 4.69) is 0 Å². The van der Waals surface area contributed by atoms with Crippen LogP contribution in [-0.2, 0) is 66.4 Å². The second-order valence-corrected chi connectivity index (χ2v) is 11.8. The van der Waals surface area contributed by atoms with Gasteiger partial charge in [0.1, 0.15) is 18.0 Å². The Morgan fingerprint density at radius 2 is 0.635 bits per heavy atom. The summed E-state index contributed by atoms with van der Waals surface area (Å²) in [4.78, 5) is 11.6. The SMILES string of the molecule is CC(C)(C)OC(=O)CCOCCOCCOCCOCCOCCOCCOCCOCCOCCOCCOCCOCCOc1ccccc1. The largest absolute Gasteiger partial charge is 0.491 e. The van der Waals surface area contributed by atoms with Crippen LogP contribution in [-0.4, -0.2) is 177 Å². The van der Waals surface area contributed by atoms with Crippen molar-refractivity contribution >= 4 is 5.97 Å². The first-order valence-corrected chi connectivity index (χ1v) is 18.3. The van der Waals surface area contributed by atoms with Crippen molar-refractivity contribution in [2.24, 2.45) is 0 Å². The first-order valence-electron chi connectivity index (χ1n) is 18.3. The van der Waals surface area contributed by atoms with Crippen LogP contribution in [0.25, 0.3) is 0 Å². The number of hydrogen-bond acceptors (Lipinski definition) is 15. The van der Waals surface area contributed by atoms with Gasteiger partial charge in [0, 0.05) is 0 Å². The lowest BCUT2D eigenvalue weighted by Crippen LogP contribution is -2.24. The molecule has 0 amide bonds. The lowest BCUT2D eigenvalue weighted by atomic mass is 10.2. The van der Waals surface area contributed by atoms with E-state index in [1.54, 1.807) is 0 Å². The van der Waals surface area contributed by atoms with Gasteiger partial charge >= 0.3 is 5.97 Å². The zero-order valence-corrected chi connectivity index (χ0v) is 31.9. The van der Waals surface area contributed by atoms with Gasteiger partial charge in [-0.3, -0.25) is 4.79 Å². The molecule has 0 unspecified atom stereocenters. The van der Waals surface area contributed by atoms with Crippen LogP contribution < -0.4 is 4.74 Å². The first kappa shape index (κ1) is 48.0. The fourth-order valence-electron chi connectivity index (χ4n) is 3.80. The van der Waals surface area contributed by atoms with Crippen molar-refractivity contribution in [2.75, 3.05) is 165 Å². The molecular formula is C37H66O15. The molecule has 0 aliphatic carbocycles. The fraction of sp³-hybridized carbons (Fsp3) is 0.811. The molecule has 0 heterocycles. The van der Waals surface area contributed by atoms with E-state index in [1.165, 1.54) is 0 Å². The van der Waals surface area contributed by atoms with Crippen molar-refractivity contribution < 1.29 is 71.1 Å². The van der Waals surface area contributed by atoms with E-state index in [4.69, 9.17) is 66.3 Å². The van der Waals surface area contributed by atoms with Crippen molar-refractivity contribution in [2.45, 2.75) is 32.8 Å². The maximum Gasteiger partial charge on any atom is 0.308 e. The highest BCUT2D eigenvalue weighted by atomic mass is 16.6. The molecule has 0 N–H and O–H groups in total. The Bertz CT molecular complexity index is 872. The summed E-state index contributed by atoms with van der Waals surface area (Å²) in [7, 11) is 0. The van der Waals surface area contributed by atoms with Gasteiger partial charge in [-0.15, -0.1) is 0 Å². The highest BCUT2D eigenvalue weighted by Crippen LogP contribution is 2.08. The Balaban J connectivity index is 1.62. The van der Waals surface area contributed by atoms with Crippen molar-refractivity contribution in [1.82, 2.24) is 0 Å². The molecule has 0 radical (unpaired) electrons. The van der Waals surface area contributed by atoms with E-state index in [1.807, 2.05) is 51.1 Å². The van der Waals surface area contributed by atoms with Gasteiger partial charge in [-0.25, -0.2) is 0 Å². The van der Waals surface area contributed by atoms with Gasteiger partial charge in [0.2, 0.25) is 0 Å². The third-order valence-electron chi connectivity index (χ3n) is 6.20. The lowest BCUT2D eigenvalue weighted by Gasteiger charge is -2.19. The number of esters is 1. The fourth-order valence-corrected chi connectivity index (χ4v) is 3.80. The molecule has 15 nitrogen and oxygen atoms in total. The normalized spacial score (nSPS) is 11.7. The summed E-state index contributed by atoms with van der Waals surface area (Å²) in [6, 6.07) is 9.66.